The molecule has 0 unspecified atom stereocenters. The summed E-state index contributed by atoms with van der Waals surface area (Å²) in [5, 5.41) is 9.20. The zero-order valence-corrected chi connectivity index (χ0v) is 12.9. The number of rotatable bonds is 6. The summed E-state index contributed by atoms with van der Waals surface area (Å²) in [7, 11) is -3.37. The van der Waals surface area contributed by atoms with Crippen molar-refractivity contribution < 1.29 is 8.42 Å². The molecule has 0 atom stereocenters. The average Bonchev–Trinajstić information content (AvgIpc) is 2.92. The maximum Gasteiger partial charge on any atom is 0.179 e. The highest BCUT2D eigenvalue weighted by molar-refractivity contribution is 8.02. The molecule has 106 valence electrons. The first-order chi connectivity index (χ1) is 9.49. The molecule has 1 aromatic heterocycles. The predicted octanol–water partition coefficient (Wildman–Crippen LogP) is 1.99. The number of nitrogen functional groups attached to an aromatic ring is 1. The zero-order chi connectivity index (χ0) is 14.6. The molecule has 3 N–H and O–H groups in total. The van der Waals surface area contributed by atoms with E-state index in [0.717, 1.165) is 4.34 Å². The lowest BCUT2D eigenvalue weighted by Crippen LogP contribution is -2.13. The summed E-state index contributed by atoms with van der Waals surface area (Å²) < 4.78 is 25.2. The van der Waals surface area contributed by atoms with Crippen LogP contribution in [-0.4, -0.2) is 30.7 Å². The van der Waals surface area contributed by atoms with Gasteiger partial charge < -0.3 is 5.73 Å². The van der Waals surface area contributed by atoms with Crippen LogP contribution in [0.25, 0.3) is 0 Å². The van der Waals surface area contributed by atoms with E-state index in [4.69, 9.17) is 11.1 Å². The Morgan fingerprint density at radius 1 is 1.45 bits per heavy atom. The zero-order valence-electron chi connectivity index (χ0n) is 10.4. The van der Waals surface area contributed by atoms with Crippen molar-refractivity contribution in [3.05, 3.63) is 41.4 Å². The number of nitrogens with zero attached hydrogens (tertiary/aromatic N) is 1. The van der Waals surface area contributed by atoms with Crippen molar-refractivity contribution in [3.63, 3.8) is 0 Å². The van der Waals surface area contributed by atoms with E-state index in [0.29, 0.717) is 11.3 Å². The van der Waals surface area contributed by atoms with Gasteiger partial charge in [-0.15, -0.1) is 11.3 Å². The van der Waals surface area contributed by atoms with Gasteiger partial charge in [-0.25, -0.2) is 13.4 Å². The summed E-state index contributed by atoms with van der Waals surface area (Å²) in [6, 6.07) is 6.17. The van der Waals surface area contributed by atoms with Gasteiger partial charge in [0.05, 0.1) is 10.6 Å². The van der Waals surface area contributed by atoms with Crippen molar-refractivity contribution in [2.45, 2.75) is 9.24 Å². The maximum absolute atomic E-state index is 12.2. The Hall–Kier alpha value is -1.38. The fourth-order valence-electron chi connectivity index (χ4n) is 1.50. The number of nitrogens with one attached hydrogen (secondary N) is 1. The molecule has 0 aliphatic carbocycles. The van der Waals surface area contributed by atoms with E-state index >= 15 is 0 Å². The molecular formula is C12H13N3O2S3. The lowest BCUT2D eigenvalue weighted by atomic mass is 10.2. The van der Waals surface area contributed by atoms with Gasteiger partial charge in [0, 0.05) is 22.9 Å². The third-order valence-electron chi connectivity index (χ3n) is 2.49. The van der Waals surface area contributed by atoms with E-state index < -0.39 is 9.84 Å². The number of benzene rings is 1. The Bertz CT molecular complexity index is 696. The first kappa shape index (κ1) is 15.0. The van der Waals surface area contributed by atoms with Crippen molar-refractivity contribution in [1.29, 1.82) is 5.41 Å². The Kier molecular flexibility index (Phi) is 4.79. The van der Waals surface area contributed by atoms with Crippen LogP contribution < -0.4 is 5.73 Å². The summed E-state index contributed by atoms with van der Waals surface area (Å²) in [5.41, 5.74) is 5.78. The lowest BCUT2D eigenvalue weighted by Gasteiger charge is -2.05. The molecule has 0 radical (unpaired) electrons. The van der Waals surface area contributed by atoms with Crippen LogP contribution in [0.1, 0.15) is 5.56 Å². The van der Waals surface area contributed by atoms with Crippen molar-refractivity contribution in [2.75, 3.05) is 11.5 Å². The number of amidine groups is 1. The van der Waals surface area contributed by atoms with Gasteiger partial charge in [0.2, 0.25) is 0 Å². The van der Waals surface area contributed by atoms with Gasteiger partial charge in [-0.05, 0) is 12.1 Å². The molecule has 0 aliphatic heterocycles. The first-order valence-corrected chi connectivity index (χ1v) is 9.20. The summed E-state index contributed by atoms with van der Waals surface area (Å²) >= 11 is 2.91. The molecule has 2 aromatic rings. The molecule has 1 aromatic carbocycles. The third-order valence-corrected chi connectivity index (χ3v) is 6.43. The van der Waals surface area contributed by atoms with Crippen LogP contribution in [0.4, 0.5) is 0 Å². The van der Waals surface area contributed by atoms with Crippen LogP contribution in [0, 0.1) is 5.41 Å². The third kappa shape index (κ3) is 3.81. The molecule has 0 amide bonds. The van der Waals surface area contributed by atoms with Gasteiger partial charge in [-0.1, -0.05) is 23.9 Å². The predicted molar refractivity (Wildman–Crippen MR) is 82.3 cm³/mol. The fourth-order valence-corrected chi connectivity index (χ4v) is 4.89. The van der Waals surface area contributed by atoms with Crippen molar-refractivity contribution in [3.8, 4) is 0 Å². The van der Waals surface area contributed by atoms with Gasteiger partial charge in [-0.2, -0.15) is 0 Å². The van der Waals surface area contributed by atoms with Crippen LogP contribution in [-0.2, 0) is 9.84 Å². The fraction of sp³-hybridized carbons (Fsp3) is 0.167. The van der Waals surface area contributed by atoms with Gasteiger partial charge in [-0.3, -0.25) is 5.41 Å². The standard InChI is InChI=1S/C12H13N3O2S3/c13-11(14)9-2-1-3-10(8-9)20(16,17)7-6-19-12-15-4-5-18-12/h1-5,8H,6-7H2,(H3,13,14). The van der Waals surface area contributed by atoms with E-state index in [1.807, 2.05) is 5.38 Å². The SMILES string of the molecule is N=C(N)c1cccc(S(=O)(=O)CCSc2nccs2)c1. The largest absolute Gasteiger partial charge is 0.384 e. The Morgan fingerprint density at radius 3 is 2.90 bits per heavy atom. The number of thioether (sulfide) groups is 1. The molecule has 20 heavy (non-hydrogen) atoms. The average molecular weight is 327 g/mol. The molecule has 2 rings (SSSR count). The highest BCUT2D eigenvalue weighted by Crippen LogP contribution is 2.22. The van der Waals surface area contributed by atoms with Gasteiger partial charge in [0.25, 0.3) is 0 Å². The second kappa shape index (κ2) is 6.38. The molecule has 1 heterocycles. The van der Waals surface area contributed by atoms with Crippen LogP contribution in [0.3, 0.4) is 0 Å². The Morgan fingerprint density at radius 2 is 2.25 bits per heavy atom. The number of nitrogens with two attached hydrogens (primary N) is 1. The number of aromatic nitrogens is 1. The minimum Gasteiger partial charge on any atom is -0.384 e. The normalized spacial score (nSPS) is 11.4. The summed E-state index contributed by atoms with van der Waals surface area (Å²) in [5.74, 6) is 0.331. The Balaban J connectivity index is 2.06. The topological polar surface area (TPSA) is 96.9 Å². The van der Waals surface area contributed by atoms with Crippen LogP contribution >= 0.6 is 23.1 Å². The molecule has 5 nitrogen and oxygen atoms in total. The van der Waals surface area contributed by atoms with Crippen molar-refractivity contribution in [1.82, 2.24) is 4.98 Å². The van der Waals surface area contributed by atoms with Crippen molar-refractivity contribution >= 4 is 38.8 Å². The van der Waals surface area contributed by atoms with E-state index in [-0.39, 0.29) is 16.5 Å². The monoisotopic (exact) mass is 327 g/mol. The number of hydrogen-bond acceptors (Lipinski definition) is 6. The first-order valence-electron chi connectivity index (χ1n) is 5.68. The lowest BCUT2D eigenvalue weighted by molar-refractivity contribution is 0.597. The minimum atomic E-state index is -3.37. The summed E-state index contributed by atoms with van der Waals surface area (Å²) in [6.45, 7) is 0. The van der Waals surface area contributed by atoms with Gasteiger partial charge in [0.1, 0.15) is 10.2 Å². The second-order valence-corrected chi connectivity index (χ2v) is 8.25. The molecule has 0 bridgehead atoms. The summed E-state index contributed by atoms with van der Waals surface area (Å²) in [4.78, 5) is 4.29. The van der Waals surface area contributed by atoms with E-state index in [1.54, 1.807) is 18.3 Å². The maximum atomic E-state index is 12.2. The molecule has 0 aliphatic rings. The highest BCUT2D eigenvalue weighted by Gasteiger charge is 2.15. The van der Waals surface area contributed by atoms with E-state index in [1.165, 1.54) is 35.2 Å². The van der Waals surface area contributed by atoms with Crippen LogP contribution in [0.15, 0.2) is 45.1 Å². The summed E-state index contributed by atoms with van der Waals surface area (Å²) in [6.07, 6.45) is 1.69. The number of hydrogen-bond donors (Lipinski definition) is 2. The van der Waals surface area contributed by atoms with E-state index in [9.17, 15) is 8.42 Å². The Labute approximate surface area is 125 Å². The number of thiazole rings is 1. The van der Waals surface area contributed by atoms with Crippen molar-refractivity contribution in [2.24, 2.45) is 5.73 Å². The molecule has 0 spiro atoms. The molecular weight excluding hydrogens is 314 g/mol. The number of sulfone groups is 1. The smallest absolute Gasteiger partial charge is 0.179 e. The van der Waals surface area contributed by atoms with Gasteiger partial charge in [0.15, 0.2) is 9.84 Å². The van der Waals surface area contributed by atoms with Crippen LogP contribution in [0.2, 0.25) is 0 Å². The minimum absolute atomic E-state index is 0.0264. The quantitative estimate of drug-likeness (QED) is 0.480. The molecule has 0 fully saturated rings. The van der Waals surface area contributed by atoms with Gasteiger partial charge >= 0.3 is 0 Å². The highest BCUT2D eigenvalue weighted by atomic mass is 32.2. The van der Waals surface area contributed by atoms with Crippen LogP contribution in [0.5, 0.6) is 0 Å². The van der Waals surface area contributed by atoms with E-state index in [2.05, 4.69) is 4.98 Å². The molecule has 8 heteroatoms. The molecule has 0 saturated carbocycles. The molecule has 0 saturated heterocycles. The second-order valence-electron chi connectivity index (χ2n) is 3.91.